The first-order chi connectivity index (χ1) is 9.79. The average molecular weight is 272 g/mol. The second kappa shape index (κ2) is 7.50. The Morgan fingerprint density at radius 1 is 1.40 bits per heavy atom. The molecule has 0 radical (unpaired) electrons. The van der Waals surface area contributed by atoms with E-state index < -0.39 is 0 Å². The zero-order valence-electron chi connectivity index (χ0n) is 11.5. The normalized spacial score (nSPS) is 14.3. The van der Waals surface area contributed by atoms with E-state index in [1.54, 1.807) is 6.08 Å². The number of hydrogen-bond donors (Lipinski definition) is 2. The summed E-state index contributed by atoms with van der Waals surface area (Å²) in [5, 5.41) is 5.96. The Hall–Kier alpha value is -2.07. The molecule has 0 saturated heterocycles. The van der Waals surface area contributed by atoms with Crippen molar-refractivity contribution in [3.63, 3.8) is 0 Å². The first-order valence-corrected chi connectivity index (χ1v) is 6.80. The highest BCUT2D eigenvalue weighted by atomic mass is 16.5. The van der Waals surface area contributed by atoms with E-state index in [0.29, 0.717) is 12.3 Å². The number of carbonyl (C=O) groups is 1. The van der Waals surface area contributed by atoms with Crippen molar-refractivity contribution in [2.45, 2.75) is 6.42 Å². The fourth-order valence-corrected chi connectivity index (χ4v) is 2.04. The minimum Gasteiger partial charge on any atom is -0.484 e. The third-order valence-corrected chi connectivity index (χ3v) is 3.10. The van der Waals surface area contributed by atoms with Gasteiger partial charge in [0.05, 0.1) is 0 Å². The van der Waals surface area contributed by atoms with Gasteiger partial charge in [0.15, 0.2) is 6.61 Å². The number of amides is 1. The van der Waals surface area contributed by atoms with Crippen LogP contribution in [0.15, 0.2) is 43.0 Å². The van der Waals surface area contributed by atoms with Crippen LogP contribution >= 0.6 is 0 Å². The molecule has 0 aromatic heterocycles. The second-order valence-electron chi connectivity index (χ2n) is 4.59. The van der Waals surface area contributed by atoms with Crippen LogP contribution in [0.25, 0.3) is 5.57 Å². The fourth-order valence-electron chi connectivity index (χ4n) is 2.04. The smallest absolute Gasteiger partial charge is 0.258 e. The molecular formula is C16H20N2O2. The van der Waals surface area contributed by atoms with Crippen molar-refractivity contribution < 1.29 is 9.53 Å². The molecule has 20 heavy (non-hydrogen) atoms. The third kappa shape index (κ3) is 4.24. The van der Waals surface area contributed by atoms with E-state index in [-0.39, 0.29) is 12.5 Å². The van der Waals surface area contributed by atoms with Crippen molar-refractivity contribution in [1.82, 2.24) is 10.6 Å². The molecule has 1 heterocycles. The Kier molecular flexibility index (Phi) is 5.38. The van der Waals surface area contributed by atoms with Crippen LogP contribution in [0.2, 0.25) is 0 Å². The number of hydrogen-bond acceptors (Lipinski definition) is 3. The number of ether oxygens (including phenoxy) is 1. The lowest BCUT2D eigenvalue weighted by molar-refractivity contribution is -0.122. The summed E-state index contributed by atoms with van der Waals surface area (Å²) >= 11 is 0. The topological polar surface area (TPSA) is 50.4 Å². The number of nitrogens with one attached hydrogen (secondary N) is 2. The lowest BCUT2D eigenvalue weighted by Gasteiger charge is -2.14. The fraction of sp³-hybridized carbons (Fsp3) is 0.312. The van der Waals surface area contributed by atoms with Crippen LogP contribution in [0.1, 0.15) is 12.0 Å². The molecule has 0 spiro atoms. The van der Waals surface area contributed by atoms with Crippen LogP contribution < -0.4 is 15.4 Å². The Morgan fingerprint density at radius 2 is 2.20 bits per heavy atom. The van der Waals surface area contributed by atoms with E-state index in [1.165, 1.54) is 11.1 Å². The molecule has 4 heteroatoms. The van der Waals surface area contributed by atoms with E-state index in [2.05, 4.69) is 23.3 Å². The van der Waals surface area contributed by atoms with Crippen LogP contribution in [0.5, 0.6) is 5.75 Å². The van der Waals surface area contributed by atoms with Crippen LogP contribution in [0, 0.1) is 0 Å². The van der Waals surface area contributed by atoms with Crippen molar-refractivity contribution >= 4 is 11.5 Å². The molecule has 0 atom stereocenters. The molecule has 106 valence electrons. The Labute approximate surface area is 119 Å². The zero-order chi connectivity index (χ0) is 14.2. The van der Waals surface area contributed by atoms with Gasteiger partial charge in [0.2, 0.25) is 0 Å². The van der Waals surface area contributed by atoms with Crippen LogP contribution in [-0.2, 0) is 4.79 Å². The molecule has 0 saturated carbocycles. The highest BCUT2D eigenvalue weighted by Gasteiger charge is 2.06. The molecule has 1 aromatic carbocycles. The van der Waals surface area contributed by atoms with Crippen molar-refractivity contribution in [3.05, 3.63) is 48.6 Å². The maximum absolute atomic E-state index is 11.4. The van der Waals surface area contributed by atoms with Crippen molar-refractivity contribution in [2.75, 3.05) is 26.2 Å². The van der Waals surface area contributed by atoms with E-state index in [4.69, 9.17) is 4.74 Å². The van der Waals surface area contributed by atoms with Gasteiger partial charge in [-0.3, -0.25) is 4.79 Å². The molecule has 1 amide bonds. The van der Waals surface area contributed by atoms with E-state index in [1.807, 2.05) is 24.3 Å². The average Bonchev–Trinajstić information content (AvgIpc) is 2.52. The molecule has 4 nitrogen and oxygen atoms in total. The maximum Gasteiger partial charge on any atom is 0.258 e. The van der Waals surface area contributed by atoms with E-state index in [0.717, 1.165) is 19.5 Å². The van der Waals surface area contributed by atoms with Gasteiger partial charge < -0.3 is 15.4 Å². The molecule has 1 aliphatic rings. The summed E-state index contributed by atoms with van der Waals surface area (Å²) in [6.07, 6.45) is 4.89. The number of benzene rings is 1. The Balaban J connectivity index is 1.86. The largest absolute Gasteiger partial charge is 0.484 e. The molecule has 0 fully saturated rings. The summed E-state index contributed by atoms with van der Waals surface area (Å²) in [7, 11) is 0. The lowest BCUT2D eigenvalue weighted by atomic mass is 10.0. The Bertz CT molecular complexity index is 492. The minimum atomic E-state index is -0.143. The van der Waals surface area contributed by atoms with Gasteiger partial charge in [0.1, 0.15) is 5.75 Å². The van der Waals surface area contributed by atoms with E-state index in [9.17, 15) is 4.79 Å². The predicted octanol–water partition coefficient (Wildman–Crippen LogP) is 1.74. The lowest BCUT2D eigenvalue weighted by Crippen LogP contribution is -2.28. The van der Waals surface area contributed by atoms with Crippen LogP contribution in [-0.4, -0.2) is 32.1 Å². The quantitative estimate of drug-likeness (QED) is 0.776. The molecule has 0 unspecified atom stereocenters. The van der Waals surface area contributed by atoms with Gasteiger partial charge in [-0.25, -0.2) is 0 Å². The van der Waals surface area contributed by atoms with Crippen molar-refractivity contribution in [3.8, 4) is 5.75 Å². The van der Waals surface area contributed by atoms with Gasteiger partial charge in [0.25, 0.3) is 5.91 Å². The van der Waals surface area contributed by atoms with Crippen molar-refractivity contribution in [2.24, 2.45) is 0 Å². The zero-order valence-corrected chi connectivity index (χ0v) is 11.5. The highest BCUT2D eigenvalue weighted by Crippen LogP contribution is 2.22. The maximum atomic E-state index is 11.4. The highest BCUT2D eigenvalue weighted by molar-refractivity contribution is 5.77. The van der Waals surface area contributed by atoms with Gasteiger partial charge in [0, 0.05) is 13.1 Å². The Morgan fingerprint density at radius 3 is 2.85 bits per heavy atom. The summed E-state index contributed by atoms with van der Waals surface area (Å²) in [5.41, 5.74) is 2.58. The standard InChI is InChI=1S/C16H20N2O2/c1-2-9-18-16(19)12-20-15-5-3-13(4-6-15)14-7-10-17-11-8-14/h2-7,17H,1,8-12H2,(H,18,19). The number of carbonyl (C=O) groups excluding carboxylic acids is 1. The summed E-state index contributed by atoms with van der Waals surface area (Å²) in [6, 6.07) is 7.88. The summed E-state index contributed by atoms with van der Waals surface area (Å²) in [4.78, 5) is 11.4. The third-order valence-electron chi connectivity index (χ3n) is 3.10. The van der Waals surface area contributed by atoms with Gasteiger partial charge in [-0.15, -0.1) is 6.58 Å². The molecule has 1 aromatic rings. The molecule has 1 aliphatic heterocycles. The van der Waals surface area contributed by atoms with E-state index >= 15 is 0 Å². The number of rotatable bonds is 6. The molecule has 0 aliphatic carbocycles. The predicted molar refractivity (Wildman–Crippen MR) is 80.6 cm³/mol. The molecule has 2 rings (SSSR count). The second-order valence-corrected chi connectivity index (χ2v) is 4.59. The molecule has 0 bridgehead atoms. The summed E-state index contributed by atoms with van der Waals surface area (Å²) in [5.74, 6) is 0.562. The minimum absolute atomic E-state index is 0.0276. The first kappa shape index (κ1) is 14.3. The monoisotopic (exact) mass is 272 g/mol. The molecular weight excluding hydrogens is 252 g/mol. The van der Waals surface area contributed by atoms with Gasteiger partial charge >= 0.3 is 0 Å². The van der Waals surface area contributed by atoms with Crippen molar-refractivity contribution in [1.29, 1.82) is 0 Å². The van der Waals surface area contributed by atoms with Gasteiger partial charge in [-0.1, -0.05) is 24.3 Å². The summed E-state index contributed by atoms with van der Waals surface area (Å²) < 4.78 is 5.43. The molecule has 2 N–H and O–H groups in total. The summed E-state index contributed by atoms with van der Waals surface area (Å²) in [6.45, 7) is 5.98. The van der Waals surface area contributed by atoms with Gasteiger partial charge in [-0.2, -0.15) is 0 Å². The first-order valence-electron chi connectivity index (χ1n) is 6.80. The van der Waals surface area contributed by atoms with Crippen LogP contribution in [0.4, 0.5) is 0 Å². The van der Waals surface area contributed by atoms with Gasteiger partial charge in [-0.05, 0) is 36.2 Å². The SMILES string of the molecule is C=CCNC(=O)COc1ccc(C2=CCNCC2)cc1. The van der Waals surface area contributed by atoms with Crippen LogP contribution in [0.3, 0.4) is 0 Å².